The Hall–Kier alpha value is -12.3. The Kier molecular flexibility index (Phi) is 36.5. The number of phenolic OH excluding ortho intramolecular Hbond substituents is 5. The van der Waals surface area contributed by atoms with Crippen LogP contribution in [-0.4, -0.2) is 123 Å². The maximum atomic E-state index is 14.6. The Morgan fingerprint density at radius 3 is 1.20 bits per heavy atom. The van der Waals surface area contributed by atoms with Crippen molar-refractivity contribution in [1.29, 1.82) is 0 Å². The monoisotopic (exact) mass is 2300 g/mol. The van der Waals surface area contributed by atoms with E-state index in [-0.39, 0.29) is 125 Å². The van der Waals surface area contributed by atoms with Gasteiger partial charge in [0.1, 0.15) is 76.8 Å². The minimum Gasteiger partial charge on any atom is -0.505 e. The molecule has 0 amide bonds. The van der Waals surface area contributed by atoms with E-state index < -0.39 is 205 Å². The van der Waals surface area contributed by atoms with Crippen molar-refractivity contribution in [3.05, 3.63) is 381 Å². The summed E-state index contributed by atoms with van der Waals surface area (Å²) >= 11 is 41.3. The third kappa shape index (κ3) is 27.1. The molecule has 0 aliphatic heterocycles. The number of sulfone groups is 5. The second-order valence-electron chi connectivity index (χ2n) is 32.7. The number of methoxy groups -OCH3 is 3. The van der Waals surface area contributed by atoms with Gasteiger partial charge in [0.25, 0.3) is 0 Å². The molecule has 15 aromatic rings. The number of hydrogen-bond acceptors (Lipinski definition) is 24. The lowest BCUT2D eigenvalue weighted by Crippen LogP contribution is -2.13. The fraction of sp³-hybridized carbons (Fsp3) is 0.136. The average Bonchev–Trinajstić information content (AvgIpc) is 0.770. The second-order valence-corrected chi connectivity index (χ2v) is 50.1. The lowest BCUT2D eigenvalue weighted by Gasteiger charge is -2.15. The Balaban J connectivity index is 0.000000165. The lowest BCUT2D eigenvalue weighted by molar-refractivity contribution is 0.0590. The van der Waals surface area contributed by atoms with Crippen LogP contribution < -0.4 is 0 Å². The van der Waals surface area contributed by atoms with E-state index in [9.17, 15) is 126 Å². The molecular formula is C103H77Cl6F9O22S8. The number of aromatic hydroxyl groups is 5. The van der Waals surface area contributed by atoms with Crippen LogP contribution in [0.1, 0.15) is 88.8 Å². The molecule has 14 aromatic carbocycles. The minimum absolute atomic E-state index is 0.0227. The van der Waals surface area contributed by atoms with Crippen LogP contribution in [0.4, 0.5) is 39.5 Å². The van der Waals surface area contributed by atoms with Crippen molar-refractivity contribution < 1.29 is 140 Å². The molecule has 1 saturated carbocycles. The fourth-order valence-electron chi connectivity index (χ4n) is 14.9. The summed E-state index contributed by atoms with van der Waals surface area (Å²) in [4.78, 5) is 33.0. The van der Waals surface area contributed by atoms with Crippen molar-refractivity contribution >= 4 is 178 Å². The van der Waals surface area contributed by atoms with Gasteiger partial charge in [0, 0.05) is 89.0 Å². The first-order valence-corrected chi connectivity index (χ1v) is 56.9. The van der Waals surface area contributed by atoms with Crippen molar-refractivity contribution in [3.63, 3.8) is 0 Å². The predicted octanol–water partition coefficient (Wildman–Crippen LogP) is 25.2. The van der Waals surface area contributed by atoms with Crippen LogP contribution in [0.25, 0.3) is 53.9 Å². The average molecular weight is 2310 g/mol. The number of hydrogen-bond donors (Lipinski definition) is 5. The maximum Gasteiger partial charge on any atom is 0.338 e. The smallest absolute Gasteiger partial charge is 0.338 e. The van der Waals surface area contributed by atoms with E-state index in [0.29, 0.717) is 40.3 Å². The molecule has 0 saturated heterocycles. The summed E-state index contributed by atoms with van der Waals surface area (Å²) in [5.74, 6) is -18.0. The Bertz CT molecular complexity index is 8490. The first-order valence-electron chi connectivity index (χ1n) is 42.7. The van der Waals surface area contributed by atoms with Crippen molar-refractivity contribution in [2.45, 2.75) is 84.5 Å². The van der Waals surface area contributed by atoms with Crippen LogP contribution in [0.5, 0.6) is 28.7 Å². The summed E-state index contributed by atoms with van der Waals surface area (Å²) in [5.41, 5.74) is 1.44. The van der Waals surface area contributed by atoms with Crippen LogP contribution in [0.3, 0.4) is 0 Å². The summed E-state index contributed by atoms with van der Waals surface area (Å²) in [6, 6.07) is 56.1. The first-order chi connectivity index (χ1) is 69.5. The van der Waals surface area contributed by atoms with Crippen LogP contribution in [0.15, 0.2) is 272 Å². The summed E-state index contributed by atoms with van der Waals surface area (Å²) < 4.78 is 284. The number of fused-ring (bicyclic) bond motifs is 1. The highest BCUT2D eigenvalue weighted by atomic mass is 35.5. The van der Waals surface area contributed by atoms with Gasteiger partial charge < -0.3 is 39.7 Å². The van der Waals surface area contributed by atoms with Crippen molar-refractivity contribution in [3.8, 4) is 72.6 Å². The molecule has 5 N–H and O–H groups in total. The number of rotatable bonds is 25. The number of carbonyl (C=O) groups excluding carboxylic acids is 3. The summed E-state index contributed by atoms with van der Waals surface area (Å²) in [6.45, 7) is 1.30. The quantitative estimate of drug-likeness (QED) is 0.0201. The van der Waals surface area contributed by atoms with E-state index >= 15 is 0 Å². The molecule has 0 bridgehead atoms. The SMILES string of the molecule is COC(=O)c1cc(Cl)c(O)c(S(=O)(=O)Cc2cc(-c3cc4ccccc4s3)c(F)cc2F)c1.COC(=O)c1cc(Cl)c(O)c(S(=O)(=O)Cc2cc(-c3ccccc3)c(F)cc2F)c1C.COC(=O)c1cc(Cl)c(O)c(S(=O)(=O)Cc2cc(C3CC3)c(F)cc2F)c1.CS(=O)(=S)c1cc(Cl)c(O)c(S(=O)(=O)Cc2cc(-c3ccccc3)c(F)cc2F)c1.O=S(=O)(CCc1cc(-c2ccccc2)ccc1F)c1cc(Cl)cc(Cl)c1O. The zero-order chi connectivity index (χ0) is 109. The van der Waals surface area contributed by atoms with Crippen molar-refractivity contribution in [2.24, 2.45) is 0 Å². The molecule has 1 atom stereocenters. The normalized spacial score (nSPS) is 12.5. The third-order valence-electron chi connectivity index (χ3n) is 22.5. The van der Waals surface area contributed by atoms with E-state index in [1.807, 2.05) is 54.6 Å². The van der Waals surface area contributed by atoms with E-state index in [0.717, 1.165) is 122 Å². The number of benzene rings is 14. The van der Waals surface area contributed by atoms with Gasteiger partial charge in [-0.1, -0.05) is 185 Å². The Morgan fingerprint density at radius 2 is 0.750 bits per heavy atom. The third-order valence-corrected chi connectivity index (χ3v) is 35.5. The maximum absolute atomic E-state index is 14.6. The number of esters is 3. The van der Waals surface area contributed by atoms with Gasteiger partial charge in [-0.2, -0.15) is 0 Å². The van der Waals surface area contributed by atoms with Gasteiger partial charge in [-0.05, 0) is 191 Å². The molecule has 148 heavy (non-hydrogen) atoms. The highest BCUT2D eigenvalue weighted by Gasteiger charge is 2.36. The molecule has 16 rings (SSSR count). The molecule has 0 spiro atoms. The standard InChI is InChI=1S/C23H15ClF2O5S2.C22H17ClF2O5S.C20H15Cl2FO3S.C20H15ClF2O4S3.C18H15ClF2O5S/c1-31-23(28)13-7-16(24)22(27)21(9-13)33(29,30)11-14-6-15(18(26)10-17(14)25)20-8-12-4-2-3-5-19(12)32-20;1-12-15(22(27)30-2)9-17(23)20(26)21(12)31(28,29)11-14-8-16(19(25)10-18(14)24)13-6-4-3-5-7-13;21-16-11-17(22)20(24)19(12-16)27(25,26)9-8-15-10-14(6-7-18(15)23)13-4-2-1-3-5-13;1-29(25,28)14-8-16(21)20(24)19(9-14)30(26,27)11-13-7-15(18(23)10-17(13)22)12-5-3-2-4-6-12;1-26-18(23)10-5-13(19)17(22)16(6-10)27(24,25)8-11-4-12(9-2-3-9)15(21)7-14(11)20/h2-10,27H,11H2,1H3;3-10,26H,11H2,1-2H3;1-7,10-12,24H,8-9H2;2-10,24H,11H2,1H3;4-7,9,22H,2-3,8H2,1H3. The molecule has 22 nitrogen and oxygen atoms in total. The fourth-order valence-corrected chi connectivity index (χ4v) is 26.4. The lowest BCUT2D eigenvalue weighted by atomic mass is 10.0. The van der Waals surface area contributed by atoms with Gasteiger partial charge in [0.15, 0.2) is 77.9 Å². The first kappa shape index (κ1) is 114. The number of thiophene rings is 1. The minimum atomic E-state index is -4.40. The summed E-state index contributed by atoms with van der Waals surface area (Å²) in [5, 5.41) is 50.0. The van der Waals surface area contributed by atoms with Gasteiger partial charge in [0.05, 0.1) is 100 Å². The van der Waals surface area contributed by atoms with Gasteiger partial charge in [-0.25, -0.2) is 96.0 Å². The van der Waals surface area contributed by atoms with E-state index in [1.54, 1.807) is 78.9 Å². The molecule has 774 valence electrons. The van der Waals surface area contributed by atoms with Crippen molar-refractivity contribution in [2.75, 3.05) is 33.3 Å². The zero-order valence-electron chi connectivity index (χ0n) is 76.9. The molecule has 45 heteroatoms. The van der Waals surface area contributed by atoms with E-state index in [1.165, 1.54) is 42.7 Å². The highest BCUT2D eigenvalue weighted by Crippen LogP contribution is 2.47. The van der Waals surface area contributed by atoms with Gasteiger partial charge in [-0.3, -0.25) is 4.21 Å². The molecular weight excluding hydrogens is 2230 g/mol. The van der Waals surface area contributed by atoms with Gasteiger partial charge >= 0.3 is 17.9 Å². The molecule has 1 fully saturated rings. The zero-order valence-corrected chi connectivity index (χ0v) is 88.0. The van der Waals surface area contributed by atoms with Gasteiger partial charge in [0.2, 0.25) is 0 Å². The largest absolute Gasteiger partial charge is 0.505 e. The molecule has 1 heterocycles. The number of carbonyl (C=O) groups is 3. The molecule has 1 aromatic heterocycles. The van der Waals surface area contributed by atoms with Crippen LogP contribution >= 0.6 is 80.9 Å². The number of aryl methyl sites for hydroxylation is 1. The van der Waals surface area contributed by atoms with E-state index in [4.69, 9.17) is 80.8 Å². The summed E-state index contributed by atoms with van der Waals surface area (Å²) in [6.07, 6.45) is 2.67. The van der Waals surface area contributed by atoms with Crippen molar-refractivity contribution in [1.82, 2.24) is 0 Å². The predicted molar refractivity (Wildman–Crippen MR) is 549 cm³/mol. The van der Waals surface area contributed by atoms with Gasteiger partial charge in [-0.15, -0.1) is 11.3 Å². The Morgan fingerprint density at radius 1 is 0.365 bits per heavy atom. The topological polar surface area (TPSA) is 368 Å². The highest BCUT2D eigenvalue weighted by molar-refractivity contribution is 8.32. The number of ether oxygens (including phenoxy) is 3. The van der Waals surface area contributed by atoms with Crippen LogP contribution in [0, 0.1) is 59.3 Å². The molecule has 1 aliphatic carbocycles. The van der Waals surface area contributed by atoms with Crippen LogP contribution in [0.2, 0.25) is 30.1 Å². The Labute approximate surface area is 881 Å². The number of phenols is 5. The van der Waals surface area contributed by atoms with Crippen LogP contribution in [-0.2, 0) is 113 Å². The molecule has 1 unspecified atom stereocenters. The molecule has 0 radical (unpaired) electrons. The second kappa shape index (κ2) is 47.3. The number of halogens is 15. The van der Waals surface area contributed by atoms with E-state index in [2.05, 4.69) is 14.2 Å². The summed E-state index contributed by atoms with van der Waals surface area (Å²) in [7, 11) is -21.0. The molecule has 1 aliphatic rings.